The van der Waals surface area contributed by atoms with Crippen molar-refractivity contribution in [1.29, 1.82) is 0 Å². The average Bonchev–Trinajstić information content (AvgIpc) is 2.42. The highest BCUT2D eigenvalue weighted by Gasteiger charge is 2.23. The minimum atomic E-state index is -2.14. The SMILES string of the molecule is C#C[Si](C)/C=C/[Si](C)(C#C)/C=C/[Si](C)(C#C)C#C. The maximum Gasteiger partial charge on any atom is 0.234 e. The summed E-state index contributed by atoms with van der Waals surface area (Å²) in [6.45, 7) is 6.08. The van der Waals surface area contributed by atoms with Crippen molar-refractivity contribution < 1.29 is 0 Å². The van der Waals surface area contributed by atoms with E-state index in [0.717, 1.165) is 0 Å². The molecule has 0 aromatic carbocycles. The molecule has 0 spiro atoms. The van der Waals surface area contributed by atoms with Gasteiger partial charge in [-0.25, -0.2) is 0 Å². The number of hydrogen-bond acceptors (Lipinski definition) is 0. The van der Waals surface area contributed by atoms with E-state index in [0.29, 0.717) is 0 Å². The van der Waals surface area contributed by atoms with Gasteiger partial charge in [-0.05, 0) is 6.55 Å². The predicted molar refractivity (Wildman–Crippen MR) is 88.5 cm³/mol. The van der Waals surface area contributed by atoms with E-state index in [9.17, 15) is 0 Å². The van der Waals surface area contributed by atoms with Crippen LogP contribution in [0.3, 0.4) is 0 Å². The van der Waals surface area contributed by atoms with Gasteiger partial charge in [0.15, 0.2) is 16.9 Å². The highest BCUT2D eigenvalue weighted by atomic mass is 28.3. The Hall–Kier alpha value is -1.63. The van der Waals surface area contributed by atoms with E-state index in [-0.39, 0.29) is 0 Å². The molecule has 1 radical (unpaired) electrons. The van der Waals surface area contributed by atoms with Crippen LogP contribution in [-0.4, -0.2) is 24.9 Å². The van der Waals surface area contributed by atoms with Gasteiger partial charge in [-0.1, -0.05) is 35.9 Å². The highest BCUT2D eigenvalue weighted by Crippen LogP contribution is 2.10. The molecule has 0 aliphatic rings. The summed E-state index contributed by atoms with van der Waals surface area (Å²) < 4.78 is 0. The van der Waals surface area contributed by atoms with Gasteiger partial charge in [-0.2, -0.15) is 0 Å². The summed E-state index contributed by atoms with van der Waals surface area (Å²) in [7, 11) is -5.00. The number of rotatable bonds is 4. The normalized spacial score (nSPS) is 14.7. The first-order valence-electron chi connectivity index (χ1n) is 5.48. The second-order valence-electron chi connectivity index (χ2n) is 4.41. The first-order valence-corrected chi connectivity index (χ1v) is 12.8. The summed E-state index contributed by atoms with van der Waals surface area (Å²) in [5.41, 5.74) is 19.3. The minimum absolute atomic E-state index is 0.852. The van der Waals surface area contributed by atoms with Crippen molar-refractivity contribution in [2.24, 2.45) is 0 Å². The summed E-state index contributed by atoms with van der Waals surface area (Å²) >= 11 is 0. The zero-order valence-electron chi connectivity index (χ0n) is 11.1. The topological polar surface area (TPSA) is 0 Å². The Labute approximate surface area is 115 Å². The molecule has 0 N–H and O–H groups in total. The van der Waals surface area contributed by atoms with Crippen LogP contribution in [0.4, 0.5) is 0 Å². The van der Waals surface area contributed by atoms with Gasteiger partial charge in [-0.15, -0.1) is 47.9 Å². The standard InChI is InChI=1S/C15H17Si3/c1-8-16(5)12-13-18(7,11-4)15-14-17(6,9-2)10-3/h1-4,12-15H,5-7H3/b13-12+,15-14+. The minimum Gasteiger partial charge on any atom is -0.131 e. The monoisotopic (exact) mass is 281 g/mol. The first-order chi connectivity index (χ1) is 8.34. The lowest BCUT2D eigenvalue weighted by atomic mass is 11.2. The van der Waals surface area contributed by atoms with Crippen molar-refractivity contribution in [3.63, 3.8) is 0 Å². The molecule has 18 heavy (non-hydrogen) atoms. The molecule has 1 unspecified atom stereocenters. The van der Waals surface area contributed by atoms with Gasteiger partial charge in [-0.3, -0.25) is 0 Å². The third kappa shape index (κ3) is 5.13. The van der Waals surface area contributed by atoms with E-state index in [2.05, 4.69) is 52.4 Å². The van der Waals surface area contributed by atoms with Crippen LogP contribution >= 0.6 is 0 Å². The summed E-state index contributed by atoms with van der Waals surface area (Å²) in [6, 6.07) is 0. The molecule has 3 heteroatoms. The second kappa shape index (κ2) is 6.95. The molecule has 0 aliphatic heterocycles. The van der Waals surface area contributed by atoms with Crippen LogP contribution in [-0.2, 0) is 0 Å². The summed E-state index contributed by atoms with van der Waals surface area (Å²) in [5.74, 6) is 0. The zero-order valence-corrected chi connectivity index (χ0v) is 14.1. The van der Waals surface area contributed by atoms with Crippen LogP contribution in [0.2, 0.25) is 19.6 Å². The van der Waals surface area contributed by atoms with Gasteiger partial charge in [0.1, 0.15) is 0 Å². The maximum atomic E-state index is 5.63. The summed E-state index contributed by atoms with van der Waals surface area (Å²) in [6.07, 6.45) is 21.9. The molecular weight excluding hydrogens is 264 g/mol. The maximum absolute atomic E-state index is 5.63. The van der Waals surface area contributed by atoms with Crippen molar-refractivity contribution in [3.05, 3.63) is 22.8 Å². The van der Waals surface area contributed by atoms with E-state index < -0.39 is 24.9 Å². The molecule has 0 fully saturated rings. The van der Waals surface area contributed by atoms with Gasteiger partial charge >= 0.3 is 0 Å². The molecule has 0 rings (SSSR count). The van der Waals surface area contributed by atoms with Crippen molar-refractivity contribution in [2.45, 2.75) is 19.6 Å². The molecule has 1 atom stereocenters. The van der Waals surface area contributed by atoms with Crippen molar-refractivity contribution in [2.75, 3.05) is 0 Å². The molecule has 0 bridgehead atoms. The van der Waals surface area contributed by atoms with Crippen LogP contribution in [0.15, 0.2) is 22.8 Å². The van der Waals surface area contributed by atoms with E-state index in [4.69, 9.17) is 25.7 Å². The van der Waals surface area contributed by atoms with Gasteiger partial charge < -0.3 is 0 Å². The molecule has 0 aromatic rings. The Morgan fingerprint density at radius 3 is 1.83 bits per heavy atom. The lowest BCUT2D eigenvalue weighted by Gasteiger charge is -2.13. The van der Waals surface area contributed by atoms with E-state index in [1.54, 1.807) is 0 Å². The van der Waals surface area contributed by atoms with Crippen molar-refractivity contribution >= 4 is 24.9 Å². The lowest BCUT2D eigenvalue weighted by Crippen LogP contribution is -2.29. The number of terminal acetylenes is 4. The van der Waals surface area contributed by atoms with Gasteiger partial charge in [0.05, 0.1) is 0 Å². The van der Waals surface area contributed by atoms with Crippen LogP contribution in [0, 0.1) is 47.9 Å². The summed E-state index contributed by atoms with van der Waals surface area (Å²) in [4.78, 5) is 0. The second-order valence-corrected chi connectivity index (χ2v) is 13.2. The van der Waals surface area contributed by atoms with E-state index in [1.807, 2.05) is 12.2 Å². The van der Waals surface area contributed by atoms with Gasteiger partial charge in [0, 0.05) is 0 Å². The van der Waals surface area contributed by atoms with Crippen LogP contribution < -0.4 is 0 Å². The Balaban J connectivity index is 5.16. The molecule has 0 aromatic heterocycles. The van der Waals surface area contributed by atoms with Crippen LogP contribution in [0.5, 0.6) is 0 Å². The average molecular weight is 282 g/mol. The van der Waals surface area contributed by atoms with Crippen LogP contribution in [0.25, 0.3) is 0 Å². The van der Waals surface area contributed by atoms with E-state index in [1.165, 1.54) is 0 Å². The Morgan fingerprint density at radius 1 is 0.889 bits per heavy atom. The Kier molecular flexibility index (Phi) is 6.32. The highest BCUT2D eigenvalue weighted by molar-refractivity contribution is 7.01. The smallest absolute Gasteiger partial charge is 0.131 e. The lowest BCUT2D eigenvalue weighted by molar-refractivity contribution is 1.94. The van der Waals surface area contributed by atoms with Crippen LogP contribution in [0.1, 0.15) is 0 Å². The molecular formula is C15H17Si3. The van der Waals surface area contributed by atoms with Gasteiger partial charge in [0.25, 0.3) is 0 Å². The molecule has 0 aliphatic carbocycles. The fourth-order valence-electron chi connectivity index (χ4n) is 0.976. The zero-order chi connectivity index (χ0) is 14.2. The van der Waals surface area contributed by atoms with Crippen molar-refractivity contribution in [3.8, 4) is 47.9 Å². The molecule has 89 valence electrons. The van der Waals surface area contributed by atoms with Gasteiger partial charge in [0.2, 0.25) is 8.07 Å². The fraction of sp³-hybridized carbons (Fsp3) is 0.200. The van der Waals surface area contributed by atoms with Crippen molar-refractivity contribution in [1.82, 2.24) is 0 Å². The number of hydrogen-bond donors (Lipinski definition) is 0. The largest absolute Gasteiger partial charge is 0.234 e. The molecule has 0 saturated heterocycles. The first kappa shape index (κ1) is 16.4. The molecule has 0 nitrogen and oxygen atoms in total. The third-order valence-electron chi connectivity index (χ3n) is 2.58. The predicted octanol–water partition coefficient (Wildman–Crippen LogP) is 2.23. The molecule has 0 amide bonds. The van der Waals surface area contributed by atoms with E-state index >= 15 is 0 Å². The molecule has 0 heterocycles. The Bertz CT molecular complexity index is 500. The summed E-state index contributed by atoms with van der Waals surface area (Å²) in [5, 5.41) is 0. The third-order valence-corrected chi connectivity index (χ3v) is 8.74. The fourth-order valence-corrected chi connectivity index (χ4v) is 6.75. The quantitative estimate of drug-likeness (QED) is 0.548. The Morgan fingerprint density at radius 2 is 1.44 bits per heavy atom. The molecule has 0 saturated carbocycles.